The Morgan fingerprint density at radius 1 is 1.12 bits per heavy atom. The number of likely N-dealkylation sites (tertiary alicyclic amines) is 1. The second-order valence-electron chi connectivity index (χ2n) is 10.3. The summed E-state index contributed by atoms with van der Waals surface area (Å²) in [5.74, 6) is 1.75. The highest BCUT2D eigenvalue weighted by Crippen LogP contribution is 2.64. The molecule has 8 atom stereocenters. The van der Waals surface area contributed by atoms with Crippen LogP contribution in [0.1, 0.15) is 58.8 Å². The molecule has 2 saturated carbocycles. The van der Waals surface area contributed by atoms with Gasteiger partial charge in [-0.25, -0.2) is 0 Å². The molecule has 0 bridgehead atoms. The number of rotatable bonds is 1. The lowest BCUT2D eigenvalue weighted by Crippen LogP contribution is -2.51. The average molecular weight is 358 g/mol. The van der Waals surface area contributed by atoms with Crippen molar-refractivity contribution in [1.82, 2.24) is 4.90 Å². The lowest BCUT2D eigenvalue weighted by Gasteiger charge is -2.56. The molecule has 3 fully saturated rings. The topological polar surface area (TPSA) is 43.7 Å². The molecule has 4 aliphatic carbocycles. The maximum atomic E-state index is 10.6. The summed E-state index contributed by atoms with van der Waals surface area (Å²) >= 11 is 0. The van der Waals surface area contributed by atoms with Gasteiger partial charge in [-0.3, -0.25) is 4.90 Å². The van der Waals surface area contributed by atoms with E-state index < -0.39 is 12.2 Å². The van der Waals surface area contributed by atoms with E-state index in [0.717, 1.165) is 19.3 Å². The molecule has 0 radical (unpaired) electrons. The third-order valence-electron chi connectivity index (χ3n) is 9.21. The average Bonchev–Trinajstić information content (AvgIpc) is 3.23. The van der Waals surface area contributed by atoms with E-state index in [1.165, 1.54) is 38.8 Å². The van der Waals surface area contributed by atoms with E-state index in [1.54, 1.807) is 5.57 Å². The Labute approximate surface area is 158 Å². The van der Waals surface area contributed by atoms with Crippen molar-refractivity contribution in [2.45, 2.75) is 77.0 Å². The standard InChI is InChI=1S/C23H35NO2/c1-22-9-7-16(24-11-3-4-12-24)13-15(22)5-6-17-18(22)8-10-23(2)19(17)14-20(25)21(23)26/h5,7,9,16-21,25-26H,3-4,6,8,10-14H2,1-2H3/t16-,17+,18-,19-,20+,21-,22-,23-/m0/s1. The van der Waals surface area contributed by atoms with Crippen molar-refractivity contribution < 1.29 is 10.2 Å². The van der Waals surface area contributed by atoms with E-state index in [1.807, 2.05) is 0 Å². The zero-order valence-electron chi connectivity index (χ0n) is 16.4. The summed E-state index contributed by atoms with van der Waals surface area (Å²) in [4.78, 5) is 2.67. The number of hydrogen-bond donors (Lipinski definition) is 2. The van der Waals surface area contributed by atoms with Gasteiger partial charge in [0, 0.05) is 11.5 Å². The first kappa shape index (κ1) is 17.5. The summed E-state index contributed by atoms with van der Waals surface area (Å²) < 4.78 is 0. The van der Waals surface area contributed by atoms with Gasteiger partial charge in [-0.05, 0) is 81.2 Å². The lowest BCUT2D eigenvalue weighted by molar-refractivity contribution is -0.0703. The number of fused-ring (bicyclic) bond motifs is 5. The molecule has 0 amide bonds. The number of aliphatic hydroxyl groups is 2. The molecule has 0 aromatic carbocycles. The second-order valence-corrected chi connectivity index (χ2v) is 10.3. The minimum absolute atomic E-state index is 0.0846. The second kappa shape index (κ2) is 5.93. The monoisotopic (exact) mass is 357 g/mol. The van der Waals surface area contributed by atoms with E-state index in [9.17, 15) is 10.2 Å². The Balaban J connectivity index is 1.43. The molecule has 1 heterocycles. The van der Waals surface area contributed by atoms with Crippen LogP contribution in [0.15, 0.2) is 23.8 Å². The van der Waals surface area contributed by atoms with Crippen LogP contribution >= 0.6 is 0 Å². The van der Waals surface area contributed by atoms with Gasteiger partial charge in [0.2, 0.25) is 0 Å². The Bertz CT molecular complexity index is 636. The minimum Gasteiger partial charge on any atom is -0.390 e. The zero-order valence-corrected chi connectivity index (χ0v) is 16.4. The molecule has 3 nitrogen and oxygen atoms in total. The molecule has 2 N–H and O–H groups in total. The van der Waals surface area contributed by atoms with E-state index in [-0.39, 0.29) is 10.8 Å². The Morgan fingerprint density at radius 3 is 2.65 bits per heavy atom. The highest BCUT2D eigenvalue weighted by atomic mass is 16.3. The molecule has 26 heavy (non-hydrogen) atoms. The van der Waals surface area contributed by atoms with Gasteiger partial charge < -0.3 is 10.2 Å². The van der Waals surface area contributed by atoms with Crippen LogP contribution in [0.25, 0.3) is 0 Å². The SMILES string of the molecule is C[C@]12CC[C@H]3[C@@H](CC=C4C[C@@H](N5CCCC5)C=C[C@@]43C)[C@@H]1C[C@@H](O)[C@@H]2O. The van der Waals surface area contributed by atoms with Crippen LogP contribution in [0.5, 0.6) is 0 Å². The quantitative estimate of drug-likeness (QED) is 0.706. The van der Waals surface area contributed by atoms with Gasteiger partial charge in [-0.2, -0.15) is 0 Å². The van der Waals surface area contributed by atoms with E-state index >= 15 is 0 Å². The molecule has 5 aliphatic rings. The third kappa shape index (κ3) is 2.29. The largest absolute Gasteiger partial charge is 0.390 e. The molecule has 3 heteroatoms. The maximum Gasteiger partial charge on any atom is 0.0855 e. The fraction of sp³-hybridized carbons (Fsp3) is 0.826. The molecular formula is C23H35NO2. The first-order valence-electron chi connectivity index (χ1n) is 10.9. The van der Waals surface area contributed by atoms with Crippen molar-refractivity contribution in [2.24, 2.45) is 28.6 Å². The molecule has 5 rings (SSSR count). The van der Waals surface area contributed by atoms with E-state index in [4.69, 9.17) is 0 Å². The summed E-state index contributed by atoms with van der Waals surface area (Å²) in [7, 11) is 0. The van der Waals surface area contributed by atoms with Crippen LogP contribution in [0, 0.1) is 28.6 Å². The van der Waals surface area contributed by atoms with Crippen LogP contribution in [0.4, 0.5) is 0 Å². The number of nitrogens with zero attached hydrogens (tertiary/aromatic N) is 1. The molecule has 144 valence electrons. The van der Waals surface area contributed by atoms with E-state index in [0.29, 0.717) is 23.8 Å². The fourth-order valence-electron chi connectivity index (χ4n) is 7.55. The molecule has 0 unspecified atom stereocenters. The van der Waals surface area contributed by atoms with Gasteiger partial charge in [-0.15, -0.1) is 0 Å². The molecule has 0 aromatic rings. The first-order chi connectivity index (χ1) is 12.4. The van der Waals surface area contributed by atoms with Crippen LogP contribution in [-0.4, -0.2) is 46.5 Å². The maximum absolute atomic E-state index is 10.6. The molecule has 0 aromatic heterocycles. The fourth-order valence-corrected chi connectivity index (χ4v) is 7.55. The van der Waals surface area contributed by atoms with Crippen molar-refractivity contribution in [3.05, 3.63) is 23.8 Å². The molecule has 1 saturated heterocycles. The van der Waals surface area contributed by atoms with Gasteiger partial charge >= 0.3 is 0 Å². The van der Waals surface area contributed by atoms with Gasteiger partial charge in [0.05, 0.1) is 12.2 Å². The van der Waals surface area contributed by atoms with Crippen molar-refractivity contribution in [2.75, 3.05) is 13.1 Å². The van der Waals surface area contributed by atoms with Gasteiger partial charge in [0.15, 0.2) is 0 Å². The van der Waals surface area contributed by atoms with Gasteiger partial charge in [0.1, 0.15) is 0 Å². The number of allylic oxidation sites excluding steroid dienone is 2. The van der Waals surface area contributed by atoms with Crippen LogP contribution in [0.2, 0.25) is 0 Å². The molecular weight excluding hydrogens is 322 g/mol. The third-order valence-corrected chi connectivity index (χ3v) is 9.21. The van der Waals surface area contributed by atoms with Crippen molar-refractivity contribution in [3.8, 4) is 0 Å². The normalized spacial score (nSPS) is 53.8. The highest BCUT2D eigenvalue weighted by molar-refractivity contribution is 5.34. The molecule has 0 spiro atoms. The van der Waals surface area contributed by atoms with Crippen molar-refractivity contribution in [1.29, 1.82) is 0 Å². The predicted octanol–water partition coefficient (Wildman–Crippen LogP) is 3.52. The summed E-state index contributed by atoms with van der Waals surface area (Å²) in [5.41, 5.74) is 1.78. The van der Waals surface area contributed by atoms with Crippen LogP contribution in [0.3, 0.4) is 0 Å². The Morgan fingerprint density at radius 2 is 1.88 bits per heavy atom. The lowest BCUT2D eigenvalue weighted by atomic mass is 9.49. The summed E-state index contributed by atoms with van der Waals surface area (Å²) in [5, 5.41) is 21.0. The van der Waals surface area contributed by atoms with Gasteiger partial charge in [-0.1, -0.05) is 37.6 Å². The van der Waals surface area contributed by atoms with Crippen molar-refractivity contribution in [3.63, 3.8) is 0 Å². The highest BCUT2D eigenvalue weighted by Gasteiger charge is 2.60. The number of aliphatic hydroxyl groups excluding tert-OH is 2. The Hall–Kier alpha value is -0.640. The smallest absolute Gasteiger partial charge is 0.0855 e. The van der Waals surface area contributed by atoms with Crippen LogP contribution in [-0.2, 0) is 0 Å². The van der Waals surface area contributed by atoms with Gasteiger partial charge in [0.25, 0.3) is 0 Å². The van der Waals surface area contributed by atoms with Crippen molar-refractivity contribution >= 4 is 0 Å². The first-order valence-corrected chi connectivity index (χ1v) is 10.9. The predicted molar refractivity (Wildman–Crippen MR) is 104 cm³/mol. The summed E-state index contributed by atoms with van der Waals surface area (Å²) in [6, 6.07) is 0.609. The van der Waals surface area contributed by atoms with Crippen LogP contribution < -0.4 is 0 Å². The summed E-state index contributed by atoms with van der Waals surface area (Å²) in [6.45, 7) is 7.23. The minimum atomic E-state index is -0.534. The summed E-state index contributed by atoms with van der Waals surface area (Å²) in [6.07, 6.45) is 14.7. The zero-order chi connectivity index (χ0) is 18.1. The molecule has 1 aliphatic heterocycles. The Kier molecular flexibility index (Phi) is 3.98. The number of hydrogen-bond acceptors (Lipinski definition) is 3. The van der Waals surface area contributed by atoms with E-state index in [2.05, 4.69) is 37.0 Å².